The second-order valence-corrected chi connectivity index (χ2v) is 8.60. The zero-order valence-electron chi connectivity index (χ0n) is 17.7. The zero-order chi connectivity index (χ0) is 22.2. The normalized spacial score (nSPS) is 16.5. The van der Waals surface area contributed by atoms with E-state index in [0.717, 1.165) is 48.8 Å². The Bertz CT molecular complexity index is 1140. The maximum Gasteiger partial charge on any atom is 0.233 e. The Labute approximate surface area is 190 Å². The summed E-state index contributed by atoms with van der Waals surface area (Å²) < 4.78 is 15.2. The fourth-order valence-corrected chi connectivity index (χ4v) is 4.73. The number of hydrogen-bond acceptors (Lipinski definition) is 6. The predicted molar refractivity (Wildman–Crippen MR) is 117 cm³/mol. The fraction of sp³-hybridized carbons (Fsp3) is 0.409. The largest absolute Gasteiger partial charge is 0.355 e. The Morgan fingerprint density at radius 2 is 1.91 bits per heavy atom. The summed E-state index contributed by atoms with van der Waals surface area (Å²) >= 11 is 6.28. The monoisotopic (exact) mass is 455 g/mol. The summed E-state index contributed by atoms with van der Waals surface area (Å²) in [5.41, 5.74) is 1.96. The minimum absolute atomic E-state index is 0.0719. The molecule has 8 nitrogen and oxygen atoms in total. The van der Waals surface area contributed by atoms with Crippen LogP contribution in [0.2, 0.25) is 5.02 Å². The number of anilines is 1. The number of fused-ring (bicyclic) bond motifs is 3. The summed E-state index contributed by atoms with van der Waals surface area (Å²) in [5.74, 6) is 2.04. The SMILES string of the molecule is CCC(=O)N1Cc2cc(Cl)ccc2-n2c(nnc2C2CCN(c3ccc(F)nn3)CC2)C1. The van der Waals surface area contributed by atoms with E-state index in [2.05, 4.69) is 29.9 Å². The van der Waals surface area contributed by atoms with E-state index in [-0.39, 0.29) is 11.8 Å². The second kappa shape index (κ2) is 8.46. The molecule has 1 saturated heterocycles. The van der Waals surface area contributed by atoms with Gasteiger partial charge in [0.2, 0.25) is 11.9 Å². The van der Waals surface area contributed by atoms with Gasteiger partial charge in [-0.05, 0) is 48.7 Å². The molecule has 0 saturated carbocycles. The van der Waals surface area contributed by atoms with Gasteiger partial charge in [0, 0.05) is 37.0 Å². The van der Waals surface area contributed by atoms with E-state index >= 15 is 0 Å². The fourth-order valence-electron chi connectivity index (χ4n) is 4.54. The summed E-state index contributed by atoms with van der Waals surface area (Å²) in [5, 5.41) is 17.2. The third-order valence-corrected chi connectivity index (χ3v) is 6.42. The van der Waals surface area contributed by atoms with E-state index in [0.29, 0.717) is 30.4 Å². The molecule has 1 fully saturated rings. The lowest BCUT2D eigenvalue weighted by molar-refractivity contribution is -0.132. The van der Waals surface area contributed by atoms with Crippen molar-refractivity contribution in [2.24, 2.45) is 0 Å². The molecule has 166 valence electrons. The number of aromatic nitrogens is 5. The van der Waals surface area contributed by atoms with Crippen LogP contribution in [0.5, 0.6) is 0 Å². The average molecular weight is 456 g/mol. The quantitative estimate of drug-likeness (QED) is 0.601. The maximum absolute atomic E-state index is 13.1. The summed E-state index contributed by atoms with van der Waals surface area (Å²) in [6.07, 6.45) is 2.15. The molecule has 0 bridgehead atoms. The number of amides is 1. The number of carbonyl (C=O) groups excluding carboxylic acids is 1. The zero-order valence-corrected chi connectivity index (χ0v) is 18.5. The smallest absolute Gasteiger partial charge is 0.233 e. The van der Waals surface area contributed by atoms with Crippen molar-refractivity contribution < 1.29 is 9.18 Å². The van der Waals surface area contributed by atoms with Crippen LogP contribution < -0.4 is 4.90 Å². The third kappa shape index (κ3) is 3.81. The number of benzene rings is 1. The molecule has 0 aliphatic carbocycles. The van der Waals surface area contributed by atoms with Crippen molar-refractivity contribution in [3.05, 3.63) is 58.5 Å². The Balaban J connectivity index is 1.45. The highest BCUT2D eigenvalue weighted by atomic mass is 35.5. The van der Waals surface area contributed by atoms with Gasteiger partial charge >= 0.3 is 0 Å². The number of piperidine rings is 1. The molecule has 1 amide bonds. The molecular weight excluding hydrogens is 433 g/mol. The van der Waals surface area contributed by atoms with Crippen molar-refractivity contribution in [3.8, 4) is 5.69 Å². The first-order valence-electron chi connectivity index (χ1n) is 10.8. The van der Waals surface area contributed by atoms with Gasteiger partial charge < -0.3 is 9.80 Å². The van der Waals surface area contributed by atoms with Crippen LogP contribution in [0.3, 0.4) is 0 Å². The van der Waals surface area contributed by atoms with E-state index in [4.69, 9.17) is 11.6 Å². The topological polar surface area (TPSA) is 80.0 Å². The van der Waals surface area contributed by atoms with Crippen LogP contribution in [0.1, 0.15) is 49.3 Å². The minimum atomic E-state index is -0.579. The van der Waals surface area contributed by atoms with Gasteiger partial charge in [-0.3, -0.25) is 9.36 Å². The number of rotatable bonds is 3. The Hall–Kier alpha value is -3.07. The van der Waals surface area contributed by atoms with Crippen LogP contribution in [0.15, 0.2) is 30.3 Å². The molecule has 4 heterocycles. The van der Waals surface area contributed by atoms with Crippen molar-refractivity contribution in [2.45, 2.75) is 45.2 Å². The molecular formula is C22H23ClFN7O. The van der Waals surface area contributed by atoms with Crippen LogP contribution in [0.25, 0.3) is 5.69 Å². The molecule has 0 radical (unpaired) electrons. The van der Waals surface area contributed by atoms with Crippen molar-refractivity contribution in [3.63, 3.8) is 0 Å². The van der Waals surface area contributed by atoms with Gasteiger partial charge in [-0.15, -0.1) is 20.4 Å². The van der Waals surface area contributed by atoms with E-state index in [9.17, 15) is 9.18 Å². The van der Waals surface area contributed by atoms with E-state index in [1.54, 1.807) is 6.07 Å². The van der Waals surface area contributed by atoms with Gasteiger partial charge in [0.15, 0.2) is 11.6 Å². The van der Waals surface area contributed by atoms with Crippen LogP contribution in [0, 0.1) is 5.95 Å². The Morgan fingerprint density at radius 3 is 2.62 bits per heavy atom. The summed E-state index contributed by atoms with van der Waals surface area (Å²) in [6.45, 7) is 4.30. The molecule has 3 aromatic rings. The standard InChI is InChI=1S/C22H23ClFN7O/c1-2-21(32)30-12-15-11-16(23)3-4-17(15)31-20(13-30)27-28-22(31)14-7-9-29(10-8-14)19-6-5-18(24)25-26-19/h3-6,11,14H,2,7-10,12-13H2,1H3. The third-order valence-electron chi connectivity index (χ3n) is 6.19. The van der Waals surface area contributed by atoms with E-state index < -0.39 is 5.95 Å². The Kier molecular flexibility index (Phi) is 5.50. The minimum Gasteiger partial charge on any atom is -0.355 e. The summed E-state index contributed by atoms with van der Waals surface area (Å²) in [7, 11) is 0. The number of halogens is 2. The maximum atomic E-state index is 13.1. The predicted octanol–water partition coefficient (Wildman–Crippen LogP) is 3.49. The van der Waals surface area contributed by atoms with E-state index in [1.165, 1.54) is 6.07 Å². The lowest BCUT2D eigenvalue weighted by Crippen LogP contribution is -2.34. The lowest BCUT2D eigenvalue weighted by Gasteiger charge is -2.32. The molecule has 1 aromatic carbocycles. The van der Waals surface area contributed by atoms with Crippen LogP contribution in [-0.4, -0.2) is 48.9 Å². The van der Waals surface area contributed by atoms with Gasteiger partial charge in [0.1, 0.15) is 5.82 Å². The van der Waals surface area contributed by atoms with Crippen LogP contribution in [-0.2, 0) is 17.9 Å². The molecule has 2 aliphatic heterocycles. The molecule has 5 rings (SSSR count). The van der Waals surface area contributed by atoms with Gasteiger partial charge in [-0.2, -0.15) is 4.39 Å². The molecule has 0 N–H and O–H groups in total. The first-order valence-corrected chi connectivity index (χ1v) is 11.2. The van der Waals surface area contributed by atoms with Crippen molar-refractivity contribution in [2.75, 3.05) is 18.0 Å². The Morgan fingerprint density at radius 1 is 1.09 bits per heavy atom. The molecule has 0 atom stereocenters. The number of carbonyl (C=O) groups is 1. The average Bonchev–Trinajstić information content (AvgIpc) is 3.15. The molecule has 2 aromatic heterocycles. The highest BCUT2D eigenvalue weighted by Crippen LogP contribution is 2.34. The lowest BCUT2D eigenvalue weighted by atomic mass is 9.95. The van der Waals surface area contributed by atoms with E-state index in [1.807, 2.05) is 30.0 Å². The van der Waals surface area contributed by atoms with Crippen LogP contribution >= 0.6 is 11.6 Å². The first kappa shape index (κ1) is 20.8. The number of nitrogens with zero attached hydrogens (tertiary/aromatic N) is 7. The van der Waals surface area contributed by atoms with Gasteiger partial charge in [-0.25, -0.2) is 0 Å². The van der Waals surface area contributed by atoms with Crippen molar-refractivity contribution in [1.82, 2.24) is 29.9 Å². The van der Waals surface area contributed by atoms with Crippen LogP contribution in [0.4, 0.5) is 10.2 Å². The van der Waals surface area contributed by atoms with Crippen molar-refractivity contribution >= 4 is 23.3 Å². The molecule has 32 heavy (non-hydrogen) atoms. The van der Waals surface area contributed by atoms with Crippen molar-refractivity contribution in [1.29, 1.82) is 0 Å². The summed E-state index contributed by atoms with van der Waals surface area (Å²) in [4.78, 5) is 16.4. The van der Waals surface area contributed by atoms with Gasteiger partial charge in [0.05, 0.1) is 12.2 Å². The highest BCUT2D eigenvalue weighted by molar-refractivity contribution is 6.30. The molecule has 0 unspecified atom stereocenters. The molecule has 2 aliphatic rings. The number of hydrogen-bond donors (Lipinski definition) is 0. The molecule has 10 heteroatoms. The van der Waals surface area contributed by atoms with Gasteiger partial charge in [-0.1, -0.05) is 18.5 Å². The van der Waals surface area contributed by atoms with Gasteiger partial charge in [0.25, 0.3) is 0 Å². The highest BCUT2D eigenvalue weighted by Gasteiger charge is 2.31. The second-order valence-electron chi connectivity index (χ2n) is 8.16. The first-order chi connectivity index (χ1) is 15.5. The summed E-state index contributed by atoms with van der Waals surface area (Å²) in [6, 6.07) is 8.75. The molecule has 0 spiro atoms.